The van der Waals surface area contributed by atoms with Crippen LogP contribution in [0.2, 0.25) is 0 Å². The van der Waals surface area contributed by atoms with Gasteiger partial charge >= 0.3 is 5.97 Å². The van der Waals surface area contributed by atoms with Crippen LogP contribution in [0.25, 0.3) is 0 Å². The molecule has 96 valence electrons. The fourth-order valence-electron chi connectivity index (χ4n) is 1.13. The van der Waals surface area contributed by atoms with Crippen LogP contribution in [0.4, 0.5) is 0 Å². The molecule has 1 rings (SSSR count). The van der Waals surface area contributed by atoms with Crippen molar-refractivity contribution in [3.63, 3.8) is 0 Å². The topological polar surface area (TPSA) is 75.6 Å². The molecule has 1 amide bonds. The number of thiophene rings is 1. The molecule has 5 nitrogen and oxygen atoms in total. The maximum Gasteiger partial charge on any atom is 0.307 e. The van der Waals surface area contributed by atoms with Crippen molar-refractivity contribution >= 4 is 23.2 Å². The van der Waals surface area contributed by atoms with E-state index in [0.717, 1.165) is 0 Å². The number of aliphatic hydroxyl groups excluding tert-OH is 1. The first-order valence-electron chi connectivity index (χ1n) is 5.20. The van der Waals surface area contributed by atoms with E-state index in [4.69, 9.17) is 5.11 Å². The summed E-state index contributed by atoms with van der Waals surface area (Å²) < 4.78 is 4.46. The summed E-state index contributed by atoms with van der Waals surface area (Å²) in [5, 5.41) is 12.8. The third-order valence-electron chi connectivity index (χ3n) is 1.99. The number of hydrogen-bond acceptors (Lipinski definition) is 5. The Bertz CT molecular complexity index is 484. The van der Waals surface area contributed by atoms with Crippen molar-refractivity contribution in [3.05, 3.63) is 21.9 Å². The number of ether oxygens (including phenoxy) is 1. The molecular weight excluding hydrogens is 254 g/mol. The minimum Gasteiger partial charge on any atom is -0.469 e. The van der Waals surface area contributed by atoms with E-state index in [1.54, 1.807) is 11.4 Å². The number of rotatable bonds is 4. The highest BCUT2D eigenvalue weighted by Gasteiger charge is 2.08. The zero-order valence-corrected chi connectivity index (χ0v) is 10.7. The van der Waals surface area contributed by atoms with Crippen LogP contribution in [0, 0.1) is 11.8 Å². The summed E-state index contributed by atoms with van der Waals surface area (Å²) in [6.07, 6.45) is 0.142. The van der Waals surface area contributed by atoms with Gasteiger partial charge in [-0.25, -0.2) is 0 Å². The van der Waals surface area contributed by atoms with Gasteiger partial charge < -0.3 is 15.2 Å². The quantitative estimate of drug-likeness (QED) is 0.611. The first-order chi connectivity index (χ1) is 8.67. The molecule has 0 bridgehead atoms. The van der Waals surface area contributed by atoms with Gasteiger partial charge in [-0.2, -0.15) is 0 Å². The number of hydrogen-bond donors (Lipinski definition) is 2. The predicted octanol–water partition coefficient (Wildman–Crippen LogP) is 0.385. The average molecular weight is 267 g/mol. The van der Waals surface area contributed by atoms with Gasteiger partial charge in [0.25, 0.3) is 5.91 Å². The number of methoxy groups -OCH3 is 1. The SMILES string of the molecule is COC(=O)CCNC(=O)c1csc(C#CCO)c1. The molecule has 6 heteroatoms. The lowest BCUT2D eigenvalue weighted by molar-refractivity contribution is -0.140. The van der Waals surface area contributed by atoms with Gasteiger partial charge in [-0.05, 0) is 6.07 Å². The second-order valence-corrected chi connectivity index (χ2v) is 4.15. The summed E-state index contributed by atoms with van der Waals surface area (Å²) in [6, 6.07) is 1.64. The fourth-order valence-corrected chi connectivity index (χ4v) is 1.88. The molecule has 0 spiro atoms. The van der Waals surface area contributed by atoms with E-state index in [9.17, 15) is 9.59 Å². The Labute approximate surface area is 109 Å². The molecule has 1 aromatic rings. The third-order valence-corrected chi connectivity index (χ3v) is 2.84. The van der Waals surface area contributed by atoms with E-state index in [1.165, 1.54) is 18.4 Å². The molecule has 0 aliphatic heterocycles. The van der Waals surface area contributed by atoms with Gasteiger partial charge in [-0.15, -0.1) is 11.3 Å². The Hall–Kier alpha value is -1.84. The summed E-state index contributed by atoms with van der Waals surface area (Å²) in [4.78, 5) is 23.2. The standard InChI is InChI=1S/C12H13NO4S/c1-17-11(15)4-5-13-12(16)9-7-10(18-8-9)3-2-6-14/h7-8,14H,4-6H2,1H3,(H,13,16). The number of nitrogens with one attached hydrogen (secondary N) is 1. The summed E-state index contributed by atoms with van der Waals surface area (Å²) in [6.45, 7) is 0.0254. The van der Waals surface area contributed by atoms with Crippen molar-refractivity contribution in [2.45, 2.75) is 6.42 Å². The van der Waals surface area contributed by atoms with E-state index in [2.05, 4.69) is 21.9 Å². The smallest absolute Gasteiger partial charge is 0.307 e. The predicted molar refractivity (Wildman–Crippen MR) is 67.2 cm³/mol. The molecule has 0 aliphatic rings. The molecular formula is C12H13NO4S. The van der Waals surface area contributed by atoms with Crippen LogP contribution < -0.4 is 5.32 Å². The average Bonchev–Trinajstić information content (AvgIpc) is 2.84. The van der Waals surface area contributed by atoms with Crippen molar-refractivity contribution in [1.29, 1.82) is 0 Å². The Kier molecular flexibility index (Phi) is 5.91. The third kappa shape index (κ3) is 4.57. The Morgan fingerprint density at radius 2 is 2.33 bits per heavy atom. The van der Waals surface area contributed by atoms with E-state index >= 15 is 0 Å². The Morgan fingerprint density at radius 1 is 1.56 bits per heavy atom. The molecule has 2 N–H and O–H groups in total. The summed E-state index contributed by atoms with van der Waals surface area (Å²) in [5.74, 6) is 4.60. The van der Waals surface area contributed by atoms with E-state index in [-0.39, 0.29) is 31.4 Å². The zero-order chi connectivity index (χ0) is 13.4. The van der Waals surface area contributed by atoms with Crippen molar-refractivity contribution in [1.82, 2.24) is 5.32 Å². The van der Waals surface area contributed by atoms with E-state index < -0.39 is 0 Å². The molecule has 1 aromatic heterocycles. The van der Waals surface area contributed by atoms with Gasteiger partial charge in [-0.3, -0.25) is 9.59 Å². The maximum absolute atomic E-state index is 11.6. The van der Waals surface area contributed by atoms with Crippen molar-refractivity contribution in [3.8, 4) is 11.8 Å². The number of carbonyl (C=O) groups is 2. The minimum atomic E-state index is -0.366. The van der Waals surface area contributed by atoms with Crippen LogP contribution in [0.15, 0.2) is 11.4 Å². The molecule has 0 aromatic carbocycles. The summed E-state index contributed by atoms with van der Waals surface area (Å²) in [7, 11) is 1.30. The van der Waals surface area contributed by atoms with Crippen molar-refractivity contribution in [2.24, 2.45) is 0 Å². The van der Waals surface area contributed by atoms with E-state index in [1.807, 2.05) is 0 Å². The highest BCUT2D eigenvalue weighted by atomic mass is 32.1. The van der Waals surface area contributed by atoms with Gasteiger partial charge in [0, 0.05) is 11.9 Å². The van der Waals surface area contributed by atoms with Crippen molar-refractivity contribution < 1.29 is 19.4 Å². The first kappa shape index (κ1) is 14.2. The van der Waals surface area contributed by atoms with Crippen LogP contribution in [0.5, 0.6) is 0 Å². The number of esters is 1. The van der Waals surface area contributed by atoms with Gasteiger partial charge in [0.1, 0.15) is 6.61 Å². The summed E-state index contributed by atoms with van der Waals surface area (Å²) in [5.41, 5.74) is 0.493. The lowest BCUT2D eigenvalue weighted by Crippen LogP contribution is -2.25. The summed E-state index contributed by atoms with van der Waals surface area (Å²) >= 11 is 1.32. The Balaban J connectivity index is 2.47. The van der Waals surface area contributed by atoms with Crippen LogP contribution in [0.1, 0.15) is 21.7 Å². The highest BCUT2D eigenvalue weighted by molar-refractivity contribution is 7.10. The van der Waals surface area contributed by atoms with Crippen LogP contribution in [0.3, 0.4) is 0 Å². The van der Waals surface area contributed by atoms with Gasteiger partial charge in [-0.1, -0.05) is 11.8 Å². The molecule has 0 unspecified atom stereocenters. The van der Waals surface area contributed by atoms with Crippen molar-refractivity contribution in [2.75, 3.05) is 20.3 Å². The lowest BCUT2D eigenvalue weighted by Gasteiger charge is -2.01. The number of aliphatic hydroxyl groups is 1. The fraction of sp³-hybridized carbons (Fsp3) is 0.333. The second kappa shape index (κ2) is 7.48. The van der Waals surface area contributed by atoms with Crippen LogP contribution >= 0.6 is 11.3 Å². The molecule has 18 heavy (non-hydrogen) atoms. The molecule has 1 heterocycles. The lowest BCUT2D eigenvalue weighted by atomic mass is 10.3. The van der Waals surface area contributed by atoms with Gasteiger partial charge in [0.15, 0.2) is 0 Å². The molecule has 0 radical (unpaired) electrons. The molecule has 0 saturated heterocycles. The normalized spacial score (nSPS) is 9.22. The molecule has 0 atom stereocenters. The van der Waals surface area contributed by atoms with Crippen LogP contribution in [-0.4, -0.2) is 37.2 Å². The largest absolute Gasteiger partial charge is 0.469 e. The molecule has 0 fully saturated rings. The van der Waals surface area contributed by atoms with Gasteiger partial charge in [0.2, 0.25) is 0 Å². The van der Waals surface area contributed by atoms with Gasteiger partial charge in [0.05, 0.1) is 24.0 Å². The first-order valence-corrected chi connectivity index (χ1v) is 6.08. The monoisotopic (exact) mass is 267 g/mol. The Morgan fingerprint density at radius 3 is 3.00 bits per heavy atom. The van der Waals surface area contributed by atoms with E-state index in [0.29, 0.717) is 10.4 Å². The molecule has 0 saturated carbocycles. The number of amides is 1. The highest BCUT2D eigenvalue weighted by Crippen LogP contribution is 2.13. The number of carbonyl (C=O) groups excluding carboxylic acids is 2. The maximum atomic E-state index is 11.6. The van der Waals surface area contributed by atoms with Crippen LogP contribution in [-0.2, 0) is 9.53 Å². The molecule has 0 aliphatic carbocycles. The minimum absolute atomic E-state index is 0.142. The zero-order valence-electron chi connectivity index (χ0n) is 9.86. The second-order valence-electron chi connectivity index (χ2n) is 3.24.